The van der Waals surface area contributed by atoms with Gasteiger partial charge in [-0.15, -0.1) is 0 Å². The summed E-state index contributed by atoms with van der Waals surface area (Å²) >= 11 is 0. The van der Waals surface area contributed by atoms with E-state index in [4.69, 9.17) is 9.47 Å². The summed E-state index contributed by atoms with van der Waals surface area (Å²) in [7, 11) is 0. The predicted octanol–water partition coefficient (Wildman–Crippen LogP) is 3.82. The van der Waals surface area contributed by atoms with Gasteiger partial charge in [0, 0.05) is 13.1 Å². The zero-order chi connectivity index (χ0) is 20.8. The number of carbonyl (C=O) groups excluding carboxylic acids is 1. The average molecular weight is 402 g/mol. The Bertz CT molecular complexity index is 992. The lowest BCUT2D eigenvalue weighted by Crippen LogP contribution is -2.55. The Balaban J connectivity index is 1.51. The van der Waals surface area contributed by atoms with Crippen molar-refractivity contribution in [3.63, 3.8) is 0 Å². The largest absolute Gasteiger partial charge is 0.454 e. The van der Waals surface area contributed by atoms with Crippen LogP contribution in [0.15, 0.2) is 78.9 Å². The van der Waals surface area contributed by atoms with Crippen LogP contribution in [0, 0.1) is 0 Å². The lowest BCUT2D eigenvalue weighted by Gasteiger charge is -2.30. The monoisotopic (exact) mass is 402 g/mol. The minimum Gasteiger partial charge on any atom is -0.454 e. The fourth-order valence-electron chi connectivity index (χ4n) is 3.55. The molecule has 1 amide bonds. The van der Waals surface area contributed by atoms with Crippen LogP contribution in [-0.2, 0) is 24.3 Å². The molecule has 0 aromatic heterocycles. The number of carbonyl (C=O) groups is 1. The Morgan fingerprint density at radius 3 is 2.17 bits per heavy atom. The number of amides is 1. The Kier molecular flexibility index (Phi) is 6.00. The summed E-state index contributed by atoms with van der Waals surface area (Å²) in [5, 5.41) is 6.57. The molecule has 1 aliphatic heterocycles. The molecule has 3 aromatic rings. The maximum Gasteiger partial charge on any atom is 0.240 e. The highest BCUT2D eigenvalue weighted by atomic mass is 16.7. The molecule has 5 nitrogen and oxygen atoms in total. The molecule has 0 saturated carbocycles. The lowest BCUT2D eigenvalue weighted by molar-refractivity contribution is -0.127. The molecule has 0 radical (unpaired) electrons. The van der Waals surface area contributed by atoms with E-state index in [0.29, 0.717) is 19.5 Å². The third kappa shape index (κ3) is 4.81. The molecule has 4 rings (SSSR count). The van der Waals surface area contributed by atoms with Gasteiger partial charge >= 0.3 is 0 Å². The fourth-order valence-corrected chi connectivity index (χ4v) is 3.55. The Morgan fingerprint density at radius 2 is 1.47 bits per heavy atom. The van der Waals surface area contributed by atoms with Crippen LogP contribution in [0.4, 0.5) is 0 Å². The summed E-state index contributed by atoms with van der Waals surface area (Å²) in [6.07, 6.45) is 0.525. The Morgan fingerprint density at radius 1 is 0.833 bits per heavy atom. The van der Waals surface area contributed by atoms with E-state index in [1.54, 1.807) is 0 Å². The van der Waals surface area contributed by atoms with E-state index in [9.17, 15) is 4.79 Å². The van der Waals surface area contributed by atoms with Gasteiger partial charge in [0.25, 0.3) is 0 Å². The molecular formula is C25H26N2O3. The molecule has 1 aliphatic rings. The van der Waals surface area contributed by atoms with Crippen molar-refractivity contribution >= 4 is 5.91 Å². The standard InChI is InChI=1S/C25H26N2O3/c1-25(27-17-20-10-6-3-7-11-20,24(28)26-16-19-8-4-2-5-9-19)15-21-12-13-22-23(14-21)30-18-29-22/h2-14,27H,15-18H2,1H3,(H,26,28)/t25-/m1/s1. The molecule has 0 bridgehead atoms. The second-order valence-corrected chi connectivity index (χ2v) is 7.70. The first-order chi connectivity index (χ1) is 14.6. The second kappa shape index (κ2) is 9.01. The van der Waals surface area contributed by atoms with Crippen molar-refractivity contribution in [2.45, 2.75) is 32.0 Å². The molecule has 1 atom stereocenters. The normalized spacial score (nSPS) is 14.2. The molecule has 0 spiro atoms. The molecule has 5 heteroatoms. The minimum atomic E-state index is -0.793. The van der Waals surface area contributed by atoms with Crippen molar-refractivity contribution in [2.75, 3.05) is 6.79 Å². The number of hydrogen-bond acceptors (Lipinski definition) is 4. The summed E-state index contributed by atoms with van der Waals surface area (Å²) in [6.45, 7) is 3.27. The second-order valence-electron chi connectivity index (χ2n) is 7.70. The van der Waals surface area contributed by atoms with E-state index in [2.05, 4.69) is 22.8 Å². The summed E-state index contributed by atoms with van der Waals surface area (Å²) in [4.78, 5) is 13.3. The van der Waals surface area contributed by atoms with Crippen molar-refractivity contribution in [3.05, 3.63) is 95.6 Å². The highest BCUT2D eigenvalue weighted by Crippen LogP contribution is 2.33. The van der Waals surface area contributed by atoms with Gasteiger partial charge in [0.05, 0.1) is 5.54 Å². The smallest absolute Gasteiger partial charge is 0.240 e. The molecule has 2 N–H and O–H groups in total. The number of hydrogen-bond donors (Lipinski definition) is 2. The third-order valence-electron chi connectivity index (χ3n) is 5.32. The van der Waals surface area contributed by atoms with Crippen molar-refractivity contribution < 1.29 is 14.3 Å². The minimum absolute atomic E-state index is 0.0417. The van der Waals surface area contributed by atoms with Gasteiger partial charge in [0.15, 0.2) is 11.5 Å². The van der Waals surface area contributed by atoms with Crippen LogP contribution in [0.1, 0.15) is 23.6 Å². The molecular weight excluding hydrogens is 376 g/mol. The summed E-state index contributed by atoms with van der Waals surface area (Å²) in [5.74, 6) is 1.42. The molecule has 0 aliphatic carbocycles. The first kappa shape index (κ1) is 20.0. The van der Waals surface area contributed by atoms with Crippen LogP contribution in [-0.4, -0.2) is 18.2 Å². The summed E-state index contributed by atoms with van der Waals surface area (Å²) in [6, 6.07) is 25.9. The number of rotatable bonds is 8. The summed E-state index contributed by atoms with van der Waals surface area (Å²) < 4.78 is 10.9. The summed E-state index contributed by atoms with van der Waals surface area (Å²) in [5.41, 5.74) is 2.42. The van der Waals surface area contributed by atoms with E-state index in [0.717, 1.165) is 28.2 Å². The molecule has 30 heavy (non-hydrogen) atoms. The maximum absolute atomic E-state index is 13.3. The van der Waals surface area contributed by atoms with Gasteiger partial charge in [-0.1, -0.05) is 66.7 Å². The van der Waals surface area contributed by atoms with Crippen LogP contribution in [0.5, 0.6) is 11.5 Å². The Labute approximate surface area is 177 Å². The number of nitrogens with one attached hydrogen (secondary N) is 2. The molecule has 3 aromatic carbocycles. The predicted molar refractivity (Wildman–Crippen MR) is 116 cm³/mol. The molecule has 154 valence electrons. The van der Waals surface area contributed by atoms with Crippen LogP contribution in [0.2, 0.25) is 0 Å². The van der Waals surface area contributed by atoms with Gasteiger partial charge in [0.1, 0.15) is 0 Å². The van der Waals surface area contributed by atoms with Gasteiger partial charge in [-0.05, 0) is 42.2 Å². The number of benzene rings is 3. The first-order valence-corrected chi connectivity index (χ1v) is 10.1. The third-order valence-corrected chi connectivity index (χ3v) is 5.32. The fraction of sp³-hybridized carbons (Fsp3) is 0.240. The van der Waals surface area contributed by atoms with E-state index in [1.807, 2.05) is 73.7 Å². The topological polar surface area (TPSA) is 59.6 Å². The highest BCUT2D eigenvalue weighted by molar-refractivity contribution is 5.86. The SMILES string of the molecule is C[C@](Cc1ccc2c(c1)OCO2)(NCc1ccccc1)C(=O)NCc1ccccc1. The van der Waals surface area contributed by atoms with Gasteiger partial charge in [-0.25, -0.2) is 0 Å². The molecule has 0 unspecified atom stereocenters. The lowest BCUT2D eigenvalue weighted by atomic mass is 9.91. The Hall–Kier alpha value is -3.31. The first-order valence-electron chi connectivity index (χ1n) is 10.1. The molecule has 0 saturated heterocycles. The van der Waals surface area contributed by atoms with Gasteiger partial charge in [-0.2, -0.15) is 0 Å². The van der Waals surface area contributed by atoms with Crippen LogP contribution in [0.3, 0.4) is 0 Å². The van der Waals surface area contributed by atoms with E-state index in [1.165, 1.54) is 0 Å². The van der Waals surface area contributed by atoms with E-state index < -0.39 is 5.54 Å². The number of ether oxygens (including phenoxy) is 2. The van der Waals surface area contributed by atoms with Crippen molar-refractivity contribution in [1.82, 2.24) is 10.6 Å². The van der Waals surface area contributed by atoms with E-state index in [-0.39, 0.29) is 12.7 Å². The van der Waals surface area contributed by atoms with Crippen molar-refractivity contribution in [3.8, 4) is 11.5 Å². The van der Waals surface area contributed by atoms with Crippen LogP contribution >= 0.6 is 0 Å². The zero-order valence-corrected chi connectivity index (χ0v) is 17.1. The van der Waals surface area contributed by atoms with Crippen LogP contribution in [0.25, 0.3) is 0 Å². The van der Waals surface area contributed by atoms with Gasteiger partial charge < -0.3 is 14.8 Å². The molecule has 1 heterocycles. The van der Waals surface area contributed by atoms with Crippen LogP contribution < -0.4 is 20.1 Å². The quantitative estimate of drug-likeness (QED) is 0.601. The van der Waals surface area contributed by atoms with Gasteiger partial charge in [-0.3, -0.25) is 10.1 Å². The highest BCUT2D eigenvalue weighted by Gasteiger charge is 2.33. The van der Waals surface area contributed by atoms with Crippen molar-refractivity contribution in [2.24, 2.45) is 0 Å². The average Bonchev–Trinajstić information content (AvgIpc) is 3.25. The number of fused-ring (bicyclic) bond motifs is 1. The van der Waals surface area contributed by atoms with E-state index >= 15 is 0 Å². The van der Waals surface area contributed by atoms with Gasteiger partial charge in [0.2, 0.25) is 12.7 Å². The molecule has 0 fully saturated rings. The van der Waals surface area contributed by atoms with Crippen molar-refractivity contribution in [1.29, 1.82) is 0 Å². The maximum atomic E-state index is 13.3. The zero-order valence-electron chi connectivity index (χ0n) is 17.1.